The molecule has 38 heavy (non-hydrogen) atoms. The molecule has 1 fully saturated rings. The number of hydrogen-bond acceptors (Lipinski definition) is 9. The zero-order valence-corrected chi connectivity index (χ0v) is 24.0. The SMILES string of the molecule is CCCCCCCCCCCCCCOC1OC(COC(C)=O)C(OC(C)=O)C(OC(C)=O)C1NC(C)=O. The van der Waals surface area contributed by atoms with Crippen LogP contribution in [0.5, 0.6) is 0 Å². The second kappa shape index (κ2) is 19.8. The average molecular weight is 544 g/mol. The normalized spacial score (nSPS) is 22.9. The second-order valence-electron chi connectivity index (χ2n) is 9.98. The van der Waals surface area contributed by atoms with Crippen molar-refractivity contribution in [1.29, 1.82) is 0 Å². The lowest BCUT2D eigenvalue weighted by molar-refractivity contribution is -0.277. The van der Waals surface area contributed by atoms with Crippen molar-refractivity contribution in [2.24, 2.45) is 0 Å². The number of carbonyl (C=O) groups is 4. The van der Waals surface area contributed by atoms with E-state index < -0.39 is 54.5 Å². The minimum absolute atomic E-state index is 0.240. The number of carbonyl (C=O) groups excluding carboxylic acids is 4. The van der Waals surface area contributed by atoms with Crippen molar-refractivity contribution in [3.8, 4) is 0 Å². The molecule has 5 atom stereocenters. The molecule has 220 valence electrons. The topological polar surface area (TPSA) is 126 Å². The summed E-state index contributed by atoms with van der Waals surface area (Å²) in [5.41, 5.74) is 0. The third kappa shape index (κ3) is 14.7. The van der Waals surface area contributed by atoms with Crippen LogP contribution in [0.4, 0.5) is 0 Å². The van der Waals surface area contributed by atoms with Gasteiger partial charge in [-0.05, 0) is 6.42 Å². The Morgan fingerprint density at radius 1 is 0.684 bits per heavy atom. The van der Waals surface area contributed by atoms with Gasteiger partial charge in [0.1, 0.15) is 18.8 Å². The summed E-state index contributed by atoms with van der Waals surface area (Å²) >= 11 is 0. The van der Waals surface area contributed by atoms with E-state index in [1.807, 2.05) is 0 Å². The van der Waals surface area contributed by atoms with Crippen molar-refractivity contribution in [3.63, 3.8) is 0 Å². The molecule has 1 aliphatic rings. The fraction of sp³-hybridized carbons (Fsp3) is 0.857. The predicted octanol–water partition coefficient (Wildman–Crippen LogP) is 4.36. The first-order valence-electron chi connectivity index (χ1n) is 14.2. The van der Waals surface area contributed by atoms with E-state index in [1.54, 1.807) is 0 Å². The Labute approximate surface area is 227 Å². The van der Waals surface area contributed by atoms with E-state index in [4.69, 9.17) is 23.7 Å². The number of amides is 1. The Bertz CT molecular complexity index is 714. The molecule has 0 aromatic carbocycles. The number of rotatable bonds is 19. The van der Waals surface area contributed by atoms with Crippen LogP contribution < -0.4 is 5.32 Å². The van der Waals surface area contributed by atoms with E-state index in [0.717, 1.165) is 19.3 Å². The van der Waals surface area contributed by atoms with Crippen molar-refractivity contribution in [2.75, 3.05) is 13.2 Å². The van der Waals surface area contributed by atoms with Gasteiger partial charge in [0, 0.05) is 34.3 Å². The molecule has 1 rings (SSSR count). The van der Waals surface area contributed by atoms with Gasteiger partial charge in [0.15, 0.2) is 18.5 Å². The fourth-order valence-electron chi connectivity index (χ4n) is 4.58. The highest BCUT2D eigenvalue weighted by atomic mass is 16.7. The quantitative estimate of drug-likeness (QED) is 0.144. The Morgan fingerprint density at radius 2 is 1.18 bits per heavy atom. The summed E-state index contributed by atoms with van der Waals surface area (Å²) in [5.74, 6) is -2.21. The lowest BCUT2D eigenvalue weighted by Gasteiger charge is -2.44. The maximum Gasteiger partial charge on any atom is 0.303 e. The van der Waals surface area contributed by atoms with Gasteiger partial charge < -0.3 is 29.0 Å². The number of esters is 3. The molecule has 1 N–H and O–H groups in total. The largest absolute Gasteiger partial charge is 0.463 e. The Morgan fingerprint density at radius 3 is 1.66 bits per heavy atom. The van der Waals surface area contributed by atoms with Gasteiger partial charge in [-0.25, -0.2) is 0 Å². The van der Waals surface area contributed by atoms with Gasteiger partial charge in [-0.1, -0.05) is 77.6 Å². The van der Waals surface area contributed by atoms with Gasteiger partial charge >= 0.3 is 17.9 Å². The van der Waals surface area contributed by atoms with Crippen LogP contribution in [0.1, 0.15) is 112 Å². The van der Waals surface area contributed by atoms with Crippen LogP contribution in [0.15, 0.2) is 0 Å². The minimum Gasteiger partial charge on any atom is -0.463 e. The third-order valence-electron chi connectivity index (χ3n) is 6.35. The van der Waals surface area contributed by atoms with Gasteiger partial charge in [0.2, 0.25) is 5.91 Å². The molecule has 0 saturated carbocycles. The molecule has 10 heteroatoms. The molecule has 1 saturated heterocycles. The Balaban J connectivity index is 2.65. The zero-order chi connectivity index (χ0) is 28.3. The van der Waals surface area contributed by atoms with Crippen LogP contribution in [0, 0.1) is 0 Å². The first-order chi connectivity index (χ1) is 18.1. The van der Waals surface area contributed by atoms with Gasteiger partial charge in [0.25, 0.3) is 0 Å². The van der Waals surface area contributed by atoms with Crippen molar-refractivity contribution >= 4 is 23.8 Å². The maximum atomic E-state index is 12.0. The number of unbranched alkanes of at least 4 members (excludes halogenated alkanes) is 11. The lowest BCUT2D eigenvalue weighted by Crippen LogP contribution is -2.66. The summed E-state index contributed by atoms with van der Waals surface area (Å²) in [6.07, 6.45) is 10.4. The van der Waals surface area contributed by atoms with Crippen molar-refractivity contribution in [3.05, 3.63) is 0 Å². The second-order valence-corrected chi connectivity index (χ2v) is 9.98. The fourth-order valence-corrected chi connectivity index (χ4v) is 4.58. The average Bonchev–Trinajstić information content (AvgIpc) is 2.83. The smallest absolute Gasteiger partial charge is 0.303 e. The van der Waals surface area contributed by atoms with Crippen molar-refractivity contribution in [2.45, 2.75) is 142 Å². The molecule has 1 heterocycles. The van der Waals surface area contributed by atoms with Crippen molar-refractivity contribution in [1.82, 2.24) is 5.32 Å². The predicted molar refractivity (Wildman–Crippen MR) is 141 cm³/mol. The van der Waals surface area contributed by atoms with Crippen molar-refractivity contribution < 1.29 is 42.9 Å². The van der Waals surface area contributed by atoms with Gasteiger partial charge in [-0.2, -0.15) is 0 Å². The molecule has 1 aliphatic heterocycles. The molecule has 5 unspecified atom stereocenters. The Hall–Kier alpha value is -2.20. The number of ether oxygens (including phenoxy) is 5. The van der Waals surface area contributed by atoms with E-state index in [1.165, 1.54) is 85.5 Å². The molecule has 0 radical (unpaired) electrons. The van der Waals surface area contributed by atoms with E-state index >= 15 is 0 Å². The number of hydrogen-bond donors (Lipinski definition) is 1. The summed E-state index contributed by atoms with van der Waals surface area (Å²) in [5, 5.41) is 2.71. The van der Waals surface area contributed by atoms with Gasteiger partial charge in [0.05, 0.1) is 0 Å². The van der Waals surface area contributed by atoms with Crippen LogP contribution in [0.25, 0.3) is 0 Å². The van der Waals surface area contributed by atoms with Crippen LogP contribution >= 0.6 is 0 Å². The van der Waals surface area contributed by atoms with Crippen LogP contribution in [-0.2, 0) is 42.9 Å². The molecule has 0 aromatic rings. The van der Waals surface area contributed by atoms with Crippen LogP contribution in [0.3, 0.4) is 0 Å². The van der Waals surface area contributed by atoms with E-state index in [-0.39, 0.29) is 6.61 Å². The summed E-state index contributed by atoms with van der Waals surface area (Å²) < 4.78 is 27.9. The standard InChI is InChI=1S/C28H49NO9/c1-6-7-8-9-10-11-12-13-14-15-16-17-18-34-28-25(29-20(2)30)27(37-23(5)33)26(36-22(4)32)24(38-28)19-35-21(3)31/h24-28H,6-19H2,1-5H3,(H,29,30). The first kappa shape index (κ1) is 33.8. The molecule has 0 aliphatic carbocycles. The molecule has 10 nitrogen and oxygen atoms in total. The Kier molecular flexibility index (Phi) is 17.6. The van der Waals surface area contributed by atoms with E-state index in [2.05, 4.69) is 12.2 Å². The highest BCUT2D eigenvalue weighted by Crippen LogP contribution is 2.28. The monoisotopic (exact) mass is 543 g/mol. The minimum atomic E-state index is -1.11. The molecule has 1 amide bonds. The van der Waals surface area contributed by atoms with E-state index in [0.29, 0.717) is 6.61 Å². The molecule has 0 bridgehead atoms. The molecular formula is C28H49NO9. The van der Waals surface area contributed by atoms with Gasteiger partial charge in [-0.3, -0.25) is 19.2 Å². The highest BCUT2D eigenvalue weighted by Gasteiger charge is 2.51. The molecule has 0 aromatic heterocycles. The summed E-state index contributed by atoms with van der Waals surface area (Å²) in [6.45, 7) is 7.34. The number of nitrogens with one attached hydrogen (secondary N) is 1. The maximum absolute atomic E-state index is 12.0. The third-order valence-corrected chi connectivity index (χ3v) is 6.35. The van der Waals surface area contributed by atoms with Crippen LogP contribution in [0.2, 0.25) is 0 Å². The first-order valence-corrected chi connectivity index (χ1v) is 14.2. The summed E-state index contributed by atoms with van der Waals surface area (Å²) in [4.78, 5) is 47.1. The lowest BCUT2D eigenvalue weighted by atomic mass is 9.96. The van der Waals surface area contributed by atoms with Gasteiger partial charge in [-0.15, -0.1) is 0 Å². The van der Waals surface area contributed by atoms with Crippen LogP contribution in [-0.4, -0.2) is 67.7 Å². The zero-order valence-electron chi connectivity index (χ0n) is 24.0. The highest BCUT2D eigenvalue weighted by molar-refractivity contribution is 5.73. The summed E-state index contributed by atoms with van der Waals surface area (Å²) in [6, 6.07) is -0.924. The molecular weight excluding hydrogens is 494 g/mol. The van der Waals surface area contributed by atoms with E-state index in [9.17, 15) is 19.2 Å². The summed E-state index contributed by atoms with van der Waals surface area (Å²) in [7, 11) is 0. The molecule has 0 spiro atoms.